The second kappa shape index (κ2) is 10.4. The Balaban J connectivity index is 2.02. The number of hydrogen-bond acceptors (Lipinski definition) is 6. The van der Waals surface area contributed by atoms with Gasteiger partial charge in [0.05, 0.1) is 6.61 Å². The van der Waals surface area contributed by atoms with Crippen LogP contribution < -0.4 is 15.7 Å². The lowest BCUT2D eigenvalue weighted by Crippen LogP contribution is -2.67. The number of aryl methyl sites for hydroxylation is 1. The van der Waals surface area contributed by atoms with Gasteiger partial charge in [0, 0.05) is 0 Å². The summed E-state index contributed by atoms with van der Waals surface area (Å²) in [6, 6.07) is 20.4. The first kappa shape index (κ1) is 26.1. The molecule has 182 valence electrons. The van der Waals surface area contributed by atoms with Crippen LogP contribution in [-0.2, 0) is 9.16 Å². The topological polar surface area (TPSA) is 73.3 Å². The molecule has 0 fully saturated rings. The standard InChI is InChI=1S/C26H35N3O3SSi/c1-19-28-29-23(33-19)22(27-24(30)32-25(2,3)4)18-31-34(26(5,6)7,20-14-10-8-11-15-20)21-16-12-9-13-17-21/h8-17,22H,18H2,1-7H3,(H,27,30). The Morgan fingerprint density at radius 2 is 1.47 bits per heavy atom. The van der Waals surface area contributed by atoms with Gasteiger partial charge in [0.25, 0.3) is 8.32 Å². The van der Waals surface area contributed by atoms with Crippen LogP contribution in [-0.4, -0.2) is 36.8 Å². The van der Waals surface area contributed by atoms with E-state index in [1.165, 1.54) is 21.7 Å². The van der Waals surface area contributed by atoms with Gasteiger partial charge >= 0.3 is 6.09 Å². The van der Waals surface area contributed by atoms with E-state index in [1.54, 1.807) is 0 Å². The van der Waals surface area contributed by atoms with Gasteiger partial charge in [-0.2, -0.15) is 0 Å². The fourth-order valence-electron chi connectivity index (χ4n) is 4.05. The highest BCUT2D eigenvalue weighted by Crippen LogP contribution is 2.37. The first-order valence-electron chi connectivity index (χ1n) is 11.5. The number of carbonyl (C=O) groups excluding carboxylic acids is 1. The second-order valence-corrected chi connectivity index (χ2v) is 15.9. The van der Waals surface area contributed by atoms with E-state index in [2.05, 4.69) is 84.8 Å². The third kappa shape index (κ3) is 6.11. The monoisotopic (exact) mass is 497 g/mol. The van der Waals surface area contributed by atoms with Crippen molar-refractivity contribution in [3.63, 3.8) is 0 Å². The van der Waals surface area contributed by atoms with Crippen LogP contribution in [0, 0.1) is 6.92 Å². The summed E-state index contributed by atoms with van der Waals surface area (Å²) in [5.41, 5.74) is -0.607. The lowest BCUT2D eigenvalue weighted by Gasteiger charge is -2.43. The molecule has 0 radical (unpaired) electrons. The molecule has 1 aromatic heterocycles. The van der Waals surface area contributed by atoms with Crippen molar-refractivity contribution in [3.8, 4) is 0 Å². The molecule has 1 unspecified atom stereocenters. The quantitative estimate of drug-likeness (QED) is 0.466. The Hall–Kier alpha value is -2.55. The number of carbonyl (C=O) groups is 1. The smallest absolute Gasteiger partial charge is 0.408 e. The Bertz CT molecular complexity index is 1040. The number of ether oxygens (including phenoxy) is 1. The largest absolute Gasteiger partial charge is 0.444 e. The van der Waals surface area contributed by atoms with Gasteiger partial charge in [-0.1, -0.05) is 92.8 Å². The zero-order chi connectivity index (χ0) is 25.0. The molecule has 0 aliphatic heterocycles. The molecule has 3 rings (SSSR count). The third-order valence-corrected chi connectivity index (χ3v) is 11.4. The molecular weight excluding hydrogens is 462 g/mol. The van der Waals surface area contributed by atoms with Crippen molar-refractivity contribution < 1.29 is 14.0 Å². The van der Waals surface area contributed by atoms with Crippen molar-refractivity contribution in [1.82, 2.24) is 15.5 Å². The van der Waals surface area contributed by atoms with Crippen LogP contribution in [0.2, 0.25) is 5.04 Å². The second-order valence-electron chi connectivity index (χ2n) is 10.3. The van der Waals surface area contributed by atoms with Gasteiger partial charge in [-0.25, -0.2) is 4.79 Å². The predicted octanol–water partition coefficient (Wildman–Crippen LogP) is 4.99. The summed E-state index contributed by atoms with van der Waals surface area (Å²) in [7, 11) is -2.77. The minimum Gasteiger partial charge on any atom is -0.444 e. The average molecular weight is 498 g/mol. The lowest BCUT2D eigenvalue weighted by molar-refractivity contribution is 0.0485. The Kier molecular flexibility index (Phi) is 7.95. The number of nitrogens with zero attached hydrogens (tertiary/aromatic N) is 2. The summed E-state index contributed by atoms with van der Waals surface area (Å²) in [5.74, 6) is 0. The Morgan fingerprint density at radius 3 is 1.88 bits per heavy atom. The SMILES string of the molecule is Cc1nnc(C(CO[Si](c2ccccc2)(c2ccccc2)C(C)(C)C)NC(=O)OC(C)(C)C)s1. The summed E-state index contributed by atoms with van der Waals surface area (Å²) >= 11 is 1.45. The van der Waals surface area contributed by atoms with Gasteiger partial charge in [-0.3, -0.25) is 0 Å². The van der Waals surface area contributed by atoms with Gasteiger partial charge in [-0.05, 0) is 43.1 Å². The average Bonchev–Trinajstić information content (AvgIpc) is 3.19. The van der Waals surface area contributed by atoms with E-state index in [4.69, 9.17) is 9.16 Å². The molecular formula is C26H35N3O3SSi. The van der Waals surface area contributed by atoms with Gasteiger partial charge in [0.2, 0.25) is 0 Å². The summed E-state index contributed by atoms with van der Waals surface area (Å²) < 4.78 is 12.6. The number of rotatable bonds is 7. The normalized spacial score (nSPS) is 13.4. The van der Waals surface area contributed by atoms with Gasteiger partial charge < -0.3 is 14.5 Å². The van der Waals surface area contributed by atoms with E-state index in [9.17, 15) is 4.79 Å². The molecule has 0 aliphatic rings. The van der Waals surface area contributed by atoms with Crippen LogP contribution in [0.5, 0.6) is 0 Å². The van der Waals surface area contributed by atoms with Crippen molar-refractivity contribution >= 4 is 36.1 Å². The summed E-state index contributed by atoms with van der Waals surface area (Å²) in [6.45, 7) is 14.4. The molecule has 0 bridgehead atoms. The van der Waals surface area contributed by atoms with Crippen LogP contribution in [0.1, 0.15) is 57.6 Å². The molecule has 1 atom stereocenters. The molecule has 1 heterocycles. The summed E-state index contributed by atoms with van der Waals surface area (Å²) in [6.07, 6.45) is -0.503. The Morgan fingerprint density at radius 1 is 0.941 bits per heavy atom. The van der Waals surface area contributed by atoms with Crippen LogP contribution in [0.25, 0.3) is 0 Å². The molecule has 1 amide bonds. The van der Waals surface area contributed by atoms with E-state index < -0.39 is 26.1 Å². The molecule has 0 saturated heterocycles. The minimum atomic E-state index is -2.77. The van der Waals surface area contributed by atoms with E-state index in [1.807, 2.05) is 39.8 Å². The summed E-state index contributed by atoms with van der Waals surface area (Å²) in [4.78, 5) is 12.7. The molecule has 6 nitrogen and oxygen atoms in total. The first-order chi connectivity index (χ1) is 15.9. The van der Waals surface area contributed by atoms with Crippen LogP contribution in [0.4, 0.5) is 4.79 Å². The molecule has 0 saturated carbocycles. The molecule has 2 aromatic carbocycles. The maximum atomic E-state index is 12.7. The van der Waals surface area contributed by atoms with E-state index in [0.717, 1.165) is 5.01 Å². The molecule has 1 N–H and O–H groups in total. The highest BCUT2D eigenvalue weighted by molar-refractivity contribution is 7.11. The lowest BCUT2D eigenvalue weighted by atomic mass is 10.2. The zero-order valence-electron chi connectivity index (χ0n) is 21.1. The van der Waals surface area contributed by atoms with E-state index in [0.29, 0.717) is 5.01 Å². The number of hydrogen-bond donors (Lipinski definition) is 1. The summed E-state index contributed by atoms with van der Waals surface area (Å²) in [5, 5.41) is 15.1. The van der Waals surface area contributed by atoms with E-state index in [-0.39, 0.29) is 11.6 Å². The minimum absolute atomic E-state index is 0.177. The number of amides is 1. The predicted molar refractivity (Wildman–Crippen MR) is 140 cm³/mol. The number of alkyl carbamates (subject to hydrolysis) is 1. The maximum Gasteiger partial charge on any atom is 0.408 e. The number of nitrogens with one attached hydrogen (secondary N) is 1. The van der Waals surface area contributed by atoms with Crippen molar-refractivity contribution in [2.75, 3.05) is 6.61 Å². The molecule has 0 aliphatic carbocycles. The molecule has 0 spiro atoms. The fourth-order valence-corrected chi connectivity index (χ4v) is 9.35. The highest BCUT2D eigenvalue weighted by Gasteiger charge is 2.50. The number of aromatic nitrogens is 2. The van der Waals surface area contributed by atoms with Gasteiger partial charge in [-0.15, -0.1) is 10.2 Å². The van der Waals surface area contributed by atoms with Gasteiger partial charge in [0.15, 0.2) is 0 Å². The van der Waals surface area contributed by atoms with Crippen molar-refractivity contribution in [2.45, 2.75) is 65.1 Å². The maximum absolute atomic E-state index is 12.7. The molecule has 8 heteroatoms. The fraction of sp³-hybridized carbons (Fsp3) is 0.423. The Labute approximate surface area is 207 Å². The zero-order valence-corrected chi connectivity index (χ0v) is 22.9. The van der Waals surface area contributed by atoms with Gasteiger partial charge in [0.1, 0.15) is 21.7 Å². The number of benzene rings is 2. The molecule has 3 aromatic rings. The van der Waals surface area contributed by atoms with Crippen LogP contribution in [0.15, 0.2) is 60.7 Å². The first-order valence-corrected chi connectivity index (χ1v) is 14.2. The van der Waals surface area contributed by atoms with E-state index >= 15 is 0 Å². The van der Waals surface area contributed by atoms with Crippen molar-refractivity contribution in [2.24, 2.45) is 0 Å². The van der Waals surface area contributed by atoms with Crippen LogP contribution >= 0.6 is 11.3 Å². The molecule has 34 heavy (non-hydrogen) atoms. The van der Waals surface area contributed by atoms with Crippen molar-refractivity contribution in [1.29, 1.82) is 0 Å². The highest BCUT2D eigenvalue weighted by atomic mass is 32.1. The van der Waals surface area contributed by atoms with Crippen molar-refractivity contribution in [3.05, 3.63) is 70.7 Å². The third-order valence-electron chi connectivity index (χ3n) is 5.41. The van der Waals surface area contributed by atoms with Crippen LogP contribution in [0.3, 0.4) is 0 Å².